The Morgan fingerprint density at radius 3 is 1.80 bits per heavy atom. The Balaban J connectivity index is 1.25. The molecule has 10 rings (SSSR count). The Labute approximate surface area is 290 Å². The smallest absolute Gasteiger partial charge is 0.175 e. The largest absolute Gasteiger partial charge is 0.309 e. The predicted molar refractivity (Wildman–Crippen MR) is 211 cm³/mol. The van der Waals surface area contributed by atoms with Crippen molar-refractivity contribution in [1.29, 1.82) is 0 Å². The molecule has 0 aliphatic carbocycles. The van der Waals surface area contributed by atoms with Crippen molar-refractivity contribution in [2.45, 2.75) is 0 Å². The normalized spacial score (nSPS) is 15.3. The molecule has 8 aromatic carbocycles. The minimum Gasteiger partial charge on any atom is -0.309 e. The Kier molecular flexibility index (Phi) is 6.46. The van der Waals surface area contributed by atoms with Gasteiger partial charge in [0.15, 0.2) is 7.14 Å². The number of hydrogen-bond donors (Lipinski definition) is 0. The van der Waals surface area contributed by atoms with E-state index in [1.54, 1.807) is 0 Å². The zero-order valence-corrected chi connectivity index (χ0v) is 28.0. The maximum absolute atomic E-state index is 16.4. The fourth-order valence-corrected chi connectivity index (χ4v) is 11.2. The molecule has 1 aliphatic rings. The summed E-state index contributed by atoms with van der Waals surface area (Å²) < 4.78 is 18.7. The Morgan fingerprint density at radius 1 is 0.380 bits per heavy atom. The van der Waals surface area contributed by atoms with Crippen molar-refractivity contribution in [2.75, 3.05) is 4.90 Å². The Hall–Kier alpha value is -6.15. The third-order valence-electron chi connectivity index (χ3n) is 10.2. The lowest BCUT2D eigenvalue weighted by molar-refractivity contribution is 0.592. The minimum atomic E-state index is -3.37. The number of nitrogens with zero attached hydrogens (tertiary/aromatic N) is 2. The van der Waals surface area contributed by atoms with Crippen molar-refractivity contribution in [3.63, 3.8) is 0 Å². The average Bonchev–Trinajstić information content (AvgIpc) is 3.52. The van der Waals surface area contributed by atoms with Gasteiger partial charge in [0.25, 0.3) is 0 Å². The summed E-state index contributed by atoms with van der Waals surface area (Å²) in [5.74, 6) is 0. The lowest BCUT2D eigenvalue weighted by Gasteiger charge is -2.38. The van der Waals surface area contributed by atoms with Gasteiger partial charge < -0.3 is 14.0 Å². The van der Waals surface area contributed by atoms with Crippen LogP contribution in [0.3, 0.4) is 0 Å². The molecule has 1 aromatic heterocycles. The lowest BCUT2D eigenvalue weighted by Crippen LogP contribution is -2.36. The maximum atomic E-state index is 16.4. The van der Waals surface area contributed by atoms with Gasteiger partial charge in [-0.2, -0.15) is 0 Å². The van der Waals surface area contributed by atoms with Gasteiger partial charge in [0.05, 0.1) is 22.4 Å². The van der Waals surface area contributed by atoms with E-state index >= 15 is 4.57 Å². The Bertz CT molecular complexity index is 2800. The fourth-order valence-electron chi connectivity index (χ4n) is 7.93. The second kappa shape index (κ2) is 11.2. The van der Waals surface area contributed by atoms with Gasteiger partial charge in [0, 0.05) is 38.1 Å². The number of para-hydroxylation sites is 4. The fraction of sp³-hybridized carbons (Fsp3) is 0. The van der Waals surface area contributed by atoms with E-state index in [-0.39, 0.29) is 0 Å². The topological polar surface area (TPSA) is 25.2 Å². The molecule has 0 fully saturated rings. The molecule has 3 nitrogen and oxygen atoms in total. The molecule has 0 N–H and O–H groups in total. The van der Waals surface area contributed by atoms with E-state index in [4.69, 9.17) is 0 Å². The average molecular weight is 659 g/mol. The third-order valence-corrected chi connectivity index (χ3v) is 13.3. The molecule has 0 amide bonds. The van der Waals surface area contributed by atoms with Crippen LogP contribution in [0.25, 0.3) is 49.4 Å². The molecule has 0 saturated carbocycles. The van der Waals surface area contributed by atoms with Crippen LogP contribution in [0.15, 0.2) is 188 Å². The van der Waals surface area contributed by atoms with E-state index < -0.39 is 7.14 Å². The van der Waals surface area contributed by atoms with Crippen molar-refractivity contribution < 1.29 is 4.57 Å². The highest BCUT2D eigenvalue weighted by Crippen LogP contribution is 2.55. The van der Waals surface area contributed by atoms with E-state index in [1.165, 1.54) is 16.3 Å². The molecule has 9 aromatic rings. The molecule has 236 valence electrons. The highest BCUT2D eigenvalue weighted by atomic mass is 31.2. The van der Waals surface area contributed by atoms with Crippen molar-refractivity contribution in [3.05, 3.63) is 188 Å². The van der Waals surface area contributed by atoms with Gasteiger partial charge in [-0.15, -0.1) is 0 Å². The molecule has 2 heterocycles. The summed E-state index contributed by atoms with van der Waals surface area (Å²) in [6.45, 7) is 0. The molecule has 4 heteroatoms. The van der Waals surface area contributed by atoms with E-state index in [0.717, 1.165) is 66.1 Å². The first-order valence-corrected chi connectivity index (χ1v) is 18.7. The lowest BCUT2D eigenvalue weighted by atomic mass is 10.0. The SMILES string of the molecule is O=P1(c2cccc3ccccc23)c2ccccc2N(c2ccccc2)c2ccc(-c3ccc4c(c3)c3ccccc3n4-c3ccccc3)cc21. The third kappa shape index (κ3) is 4.21. The highest BCUT2D eigenvalue weighted by molar-refractivity contribution is 7.86. The van der Waals surface area contributed by atoms with E-state index in [1.807, 2.05) is 36.4 Å². The molecule has 0 radical (unpaired) electrons. The summed E-state index contributed by atoms with van der Waals surface area (Å²) in [4.78, 5) is 2.27. The first kappa shape index (κ1) is 28.8. The van der Waals surface area contributed by atoms with Crippen molar-refractivity contribution in [1.82, 2.24) is 4.57 Å². The molecule has 50 heavy (non-hydrogen) atoms. The monoisotopic (exact) mass is 658 g/mol. The van der Waals surface area contributed by atoms with Gasteiger partial charge in [0.2, 0.25) is 0 Å². The number of fused-ring (bicyclic) bond motifs is 6. The standard InChI is InChI=1S/C46H31N2OP/c49-50(44-25-13-15-32-14-7-8-20-37(32)44)45-24-12-11-23-42(45)48(36-18-5-2-6-19-36)43-29-27-34(31-46(43)50)33-26-28-41-39(30-33)38-21-9-10-22-40(38)47(41)35-16-3-1-4-17-35/h1-31H. The molecule has 0 bridgehead atoms. The van der Waals surface area contributed by atoms with Gasteiger partial charge in [-0.3, -0.25) is 0 Å². The number of aromatic nitrogens is 1. The van der Waals surface area contributed by atoms with Crippen LogP contribution in [0, 0.1) is 0 Å². The first-order valence-electron chi connectivity index (χ1n) is 17.0. The second-order valence-electron chi connectivity index (χ2n) is 12.9. The minimum absolute atomic E-state index is 0.848. The number of rotatable bonds is 4. The zero-order chi connectivity index (χ0) is 33.2. The van der Waals surface area contributed by atoms with Gasteiger partial charge in [-0.1, -0.05) is 121 Å². The maximum Gasteiger partial charge on any atom is 0.175 e. The summed E-state index contributed by atoms with van der Waals surface area (Å²) in [6, 6.07) is 65.6. The second-order valence-corrected chi connectivity index (χ2v) is 15.6. The Morgan fingerprint density at radius 2 is 0.960 bits per heavy atom. The summed E-state index contributed by atoms with van der Waals surface area (Å²) in [5, 5.41) is 7.07. The van der Waals surface area contributed by atoms with Crippen LogP contribution in [0.1, 0.15) is 0 Å². The summed E-state index contributed by atoms with van der Waals surface area (Å²) in [7, 11) is -3.37. The predicted octanol–water partition coefficient (Wildman–Crippen LogP) is 11.0. The van der Waals surface area contributed by atoms with Gasteiger partial charge >= 0.3 is 0 Å². The highest BCUT2D eigenvalue weighted by Gasteiger charge is 2.42. The molecular formula is C46H31N2OP. The van der Waals surface area contributed by atoms with Crippen LogP contribution < -0.4 is 20.8 Å². The molecular weight excluding hydrogens is 627 g/mol. The van der Waals surface area contributed by atoms with Gasteiger partial charge in [-0.25, -0.2) is 0 Å². The summed E-state index contributed by atoms with van der Waals surface area (Å²) in [5.41, 5.74) is 8.52. The van der Waals surface area contributed by atoms with Crippen LogP contribution in [-0.2, 0) is 4.57 Å². The quantitative estimate of drug-likeness (QED) is 0.176. The molecule has 1 unspecified atom stereocenters. The molecule has 1 atom stereocenters. The molecule has 1 aliphatic heterocycles. The van der Waals surface area contributed by atoms with Crippen molar-refractivity contribution in [3.8, 4) is 16.8 Å². The van der Waals surface area contributed by atoms with Crippen LogP contribution in [0.5, 0.6) is 0 Å². The van der Waals surface area contributed by atoms with Gasteiger partial charge in [0.1, 0.15) is 0 Å². The summed E-state index contributed by atoms with van der Waals surface area (Å²) in [6.07, 6.45) is 0. The van der Waals surface area contributed by atoms with Crippen molar-refractivity contribution in [2.24, 2.45) is 0 Å². The van der Waals surface area contributed by atoms with E-state index in [0.29, 0.717) is 0 Å². The van der Waals surface area contributed by atoms with Crippen LogP contribution in [0.2, 0.25) is 0 Å². The van der Waals surface area contributed by atoms with Crippen LogP contribution >= 0.6 is 7.14 Å². The van der Waals surface area contributed by atoms with Gasteiger partial charge in [-0.05, 0) is 88.6 Å². The summed E-state index contributed by atoms with van der Waals surface area (Å²) >= 11 is 0. The number of hydrogen-bond acceptors (Lipinski definition) is 2. The van der Waals surface area contributed by atoms with Crippen LogP contribution in [-0.4, -0.2) is 4.57 Å². The van der Waals surface area contributed by atoms with Crippen LogP contribution in [0.4, 0.5) is 17.1 Å². The number of anilines is 3. The van der Waals surface area contributed by atoms with Crippen molar-refractivity contribution >= 4 is 72.7 Å². The molecule has 0 spiro atoms. The molecule has 0 saturated heterocycles. The number of benzene rings is 8. The first-order chi connectivity index (χ1) is 24.7. The van der Waals surface area contributed by atoms with E-state index in [9.17, 15) is 0 Å². The zero-order valence-electron chi connectivity index (χ0n) is 27.1. The van der Waals surface area contributed by atoms with E-state index in [2.05, 4.69) is 161 Å².